The standard InChI is InChI=1S/C20H37N3S/c1-17(2)13-20(3-4-20)16-21-7-5-19(6-8-21)14-18(15-19)22-9-11-23(24)12-10-22/h17-18,24H,3-16H2,1-2H3. The van der Waals surface area contributed by atoms with E-state index in [2.05, 4.69) is 40.8 Å². The fraction of sp³-hybridized carbons (Fsp3) is 1.00. The van der Waals surface area contributed by atoms with Gasteiger partial charge in [0.25, 0.3) is 0 Å². The van der Waals surface area contributed by atoms with E-state index >= 15 is 0 Å². The van der Waals surface area contributed by atoms with Crippen molar-refractivity contribution in [3.63, 3.8) is 0 Å². The smallest absolute Gasteiger partial charge is 0.0216 e. The maximum absolute atomic E-state index is 4.48. The summed E-state index contributed by atoms with van der Waals surface area (Å²) in [5.74, 6) is 0.869. The summed E-state index contributed by atoms with van der Waals surface area (Å²) >= 11 is 4.48. The SMILES string of the molecule is CC(C)CC1(CN2CCC3(CC2)CC(N2CCN(S)CC2)C3)CC1. The molecule has 1 spiro atoms. The van der Waals surface area contributed by atoms with Crippen LogP contribution in [0.5, 0.6) is 0 Å². The number of piperazine rings is 1. The minimum absolute atomic E-state index is 0.716. The molecular formula is C20H37N3S. The summed E-state index contributed by atoms with van der Waals surface area (Å²) in [5.41, 5.74) is 1.43. The number of likely N-dealkylation sites (tertiary alicyclic amines) is 1. The van der Waals surface area contributed by atoms with E-state index in [1.165, 1.54) is 77.7 Å². The molecule has 0 N–H and O–H groups in total. The molecule has 2 saturated carbocycles. The van der Waals surface area contributed by atoms with Crippen LogP contribution in [0.1, 0.15) is 58.8 Å². The molecule has 4 heteroatoms. The molecule has 4 fully saturated rings. The van der Waals surface area contributed by atoms with E-state index in [-0.39, 0.29) is 0 Å². The van der Waals surface area contributed by atoms with Crippen molar-refractivity contribution >= 4 is 12.8 Å². The molecule has 4 rings (SSSR count). The van der Waals surface area contributed by atoms with Gasteiger partial charge in [-0.05, 0) is 74.8 Å². The molecule has 4 aliphatic rings. The molecule has 0 radical (unpaired) electrons. The van der Waals surface area contributed by atoms with Crippen molar-refractivity contribution in [1.82, 2.24) is 14.1 Å². The Balaban J connectivity index is 1.20. The van der Waals surface area contributed by atoms with Gasteiger partial charge in [-0.2, -0.15) is 0 Å². The Bertz CT molecular complexity index is 424. The lowest BCUT2D eigenvalue weighted by Crippen LogP contribution is -2.58. The summed E-state index contributed by atoms with van der Waals surface area (Å²) in [5, 5.41) is 0. The Morgan fingerprint density at radius 2 is 1.54 bits per heavy atom. The third-order valence-corrected chi connectivity index (χ3v) is 7.82. The van der Waals surface area contributed by atoms with Gasteiger partial charge < -0.3 is 4.90 Å². The van der Waals surface area contributed by atoms with Crippen molar-refractivity contribution in [3.05, 3.63) is 0 Å². The van der Waals surface area contributed by atoms with Gasteiger partial charge in [0.15, 0.2) is 0 Å². The molecule has 2 aliphatic heterocycles. The lowest BCUT2D eigenvalue weighted by atomic mass is 9.60. The first-order valence-corrected chi connectivity index (χ1v) is 10.8. The van der Waals surface area contributed by atoms with Gasteiger partial charge in [0.1, 0.15) is 0 Å². The molecule has 0 aromatic rings. The molecule has 0 atom stereocenters. The highest BCUT2D eigenvalue weighted by Crippen LogP contribution is 2.54. The van der Waals surface area contributed by atoms with Gasteiger partial charge >= 0.3 is 0 Å². The van der Waals surface area contributed by atoms with Gasteiger partial charge in [-0.3, -0.25) is 9.21 Å². The molecule has 0 aromatic carbocycles. The zero-order chi connectivity index (χ0) is 16.8. The second-order valence-electron chi connectivity index (χ2n) is 9.93. The highest BCUT2D eigenvalue weighted by atomic mass is 32.1. The van der Waals surface area contributed by atoms with Crippen LogP contribution in [-0.2, 0) is 0 Å². The normalized spacial score (nSPS) is 31.5. The number of thiol groups is 1. The highest BCUT2D eigenvalue weighted by Gasteiger charge is 2.50. The molecule has 0 unspecified atom stereocenters. The van der Waals surface area contributed by atoms with E-state index in [1.807, 2.05) is 0 Å². The van der Waals surface area contributed by atoms with E-state index < -0.39 is 0 Å². The van der Waals surface area contributed by atoms with Crippen LogP contribution in [0.25, 0.3) is 0 Å². The van der Waals surface area contributed by atoms with Crippen LogP contribution < -0.4 is 0 Å². The zero-order valence-electron chi connectivity index (χ0n) is 15.8. The summed E-state index contributed by atoms with van der Waals surface area (Å²) < 4.78 is 2.17. The molecular weight excluding hydrogens is 314 g/mol. The van der Waals surface area contributed by atoms with Crippen molar-refractivity contribution < 1.29 is 0 Å². The van der Waals surface area contributed by atoms with Crippen molar-refractivity contribution in [3.8, 4) is 0 Å². The second kappa shape index (κ2) is 6.75. The van der Waals surface area contributed by atoms with Crippen molar-refractivity contribution in [2.75, 3.05) is 45.8 Å². The summed E-state index contributed by atoms with van der Waals surface area (Å²) in [6.07, 6.45) is 10.3. The lowest BCUT2D eigenvalue weighted by Gasteiger charge is -2.56. The Kier molecular flexibility index (Phi) is 4.96. The average Bonchev–Trinajstić information content (AvgIpc) is 3.25. The van der Waals surface area contributed by atoms with Gasteiger partial charge in [-0.25, -0.2) is 0 Å². The third kappa shape index (κ3) is 3.82. The largest absolute Gasteiger partial charge is 0.303 e. The predicted molar refractivity (Wildman–Crippen MR) is 104 cm³/mol. The molecule has 0 bridgehead atoms. The Morgan fingerprint density at radius 3 is 2.08 bits per heavy atom. The van der Waals surface area contributed by atoms with Gasteiger partial charge in [-0.15, -0.1) is 0 Å². The Labute approximate surface area is 154 Å². The van der Waals surface area contributed by atoms with Crippen LogP contribution >= 0.6 is 12.8 Å². The Hall–Kier alpha value is 0.230. The first-order chi connectivity index (χ1) is 11.5. The van der Waals surface area contributed by atoms with Gasteiger partial charge in [0, 0.05) is 38.8 Å². The fourth-order valence-electron chi connectivity index (χ4n) is 5.81. The third-order valence-electron chi connectivity index (χ3n) is 7.42. The topological polar surface area (TPSA) is 9.72 Å². The van der Waals surface area contributed by atoms with E-state index in [0.717, 1.165) is 25.0 Å². The van der Waals surface area contributed by atoms with E-state index in [0.29, 0.717) is 10.8 Å². The molecule has 2 heterocycles. The molecule has 24 heavy (non-hydrogen) atoms. The van der Waals surface area contributed by atoms with Gasteiger partial charge in [-0.1, -0.05) is 26.7 Å². The number of rotatable bonds is 5. The number of piperidine rings is 1. The first kappa shape index (κ1) is 17.6. The maximum Gasteiger partial charge on any atom is 0.0216 e. The molecule has 3 nitrogen and oxygen atoms in total. The Morgan fingerprint density at radius 1 is 0.917 bits per heavy atom. The minimum Gasteiger partial charge on any atom is -0.303 e. The predicted octanol–water partition coefficient (Wildman–Crippen LogP) is 3.52. The maximum atomic E-state index is 4.48. The highest BCUT2D eigenvalue weighted by molar-refractivity contribution is 7.77. The first-order valence-electron chi connectivity index (χ1n) is 10.4. The van der Waals surface area contributed by atoms with Crippen LogP contribution in [0.4, 0.5) is 0 Å². The fourth-order valence-corrected chi connectivity index (χ4v) is 5.99. The molecule has 2 saturated heterocycles. The molecule has 0 aromatic heterocycles. The average molecular weight is 352 g/mol. The van der Waals surface area contributed by atoms with E-state index in [4.69, 9.17) is 0 Å². The summed E-state index contributed by atoms with van der Waals surface area (Å²) in [4.78, 5) is 5.56. The van der Waals surface area contributed by atoms with Crippen LogP contribution in [-0.4, -0.2) is 66.0 Å². The number of hydrogen-bond donors (Lipinski definition) is 1. The van der Waals surface area contributed by atoms with Crippen LogP contribution in [0.2, 0.25) is 0 Å². The summed E-state index contributed by atoms with van der Waals surface area (Å²) in [6.45, 7) is 13.7. The minimum atomic E-state index is 0.716. The van der Waals surface area contributed by atoms with Crippen molar-refractivity contribution in [2.24, 2.45) is 16.7 Å². The molecule has 0 amide bonds. The number of hydrogen-bond acceptors (Lipinski definition) is 4. The van der Waals surface area contributed by atoms with Crippen LogP contribution in [0, 0.1) is 16.7 Å². The lowest BCUT2D eigenvalue weighted by molar-refractivity contribution is -0.0524. The van der Waals surface area contributed by atoms with E-state index in [9.17, 15) is 0 Å². The van der Waals surface area contributed by atoms with Crippen LogP contribution in [0.3, 0.4) is 0 Å². The second-order valence-corrected chi connectivity index (χ2v) is 10.5. The quantitative estimate of drug-likeness (QED) is 0.760. The van der Waals surface area contributed by atoms with Gasteiger partial charge in [0.2, 0.25) is 0 Å². The molecule has 2 aliphatic carbocycles. The summed E-state index contributed by atoms with van der Waals surface area (Å²) in [6, 6.07) is 0.884. The van der Waals surface area contributed by atoms with Gasteiger partial charge in [0.05, 0.1) is 0 Å². The van der Waals surface area contributed by atoms with E-state index in [1.54, 1.807) is 0 Å². The summed E-state index contributed by atoms with van der Waals surface area (Å²) in [7, 11) is 0. The monoisotopic (exact) mass is 351 g/mol. The molecule has 138 valence electrons. The van der Waals surface area contributed by atoms with Crippen molar-refractivity contribution in [2.45, 2.75) is 64.8 Å². The number of nitrogens with zero attached hydrogens (tertiary/aromatic N) is 3. The van der Waals surface area contributed by atoms with Crippen molar-refractivity contribution in [1.29, 1.82) is 0 Å². The zero-order valence-corrected chi connectivity index (χ0v) is 16.7. The van der Waals surface area contributed by atoms with Crippen LogP contribution in [0.15, 0.2) is 0 Å².